The lowest BCUT2D eigenvalue weighted by molar-refractivity contribution is 0.0672. The second kappa shape index (κ2) is 8.12. The van der Waals surface area contributed by atoms with Crippen molar-refractivity contribution in [1.29, 1.82) is 0 Å². The minimum Gasteiger partial charge on any atom is -0.481 e. The van der Waals surface area contributed by atoms with E-state index in [1.54, 1.807) is 19.5 Å². The third-order valence-electron chi connectivity index (χ3n) is 6.33. The Labute approximate surface area is 180 Å². The average molecular weight is 415 g/mol. The van der Waals surface area contributed by atoms with Gasteiger partial charge in [0.25, 0.3) is 5.56 Å². The predicted molar refractivity (Wildman–Crippen MR) is 121 cm³/mol. The summed E-state index contributed by atoms with van der Waals surface area (Å²) in [5.41, 5.74) is 1.97. The number of pyridine rings is 1. The summed E-state index contributed by atoms with van der Waals surface area (Å²) >= 11 is 0. The van der Waals surface area contributed by atoms with Gasteiger partial charge < -0.3 is 9.84 Å². The van der Waals surface area contributed by atoms with Crippen LogP contribution in [0.25, 0.3) is 21.5 Å². The Hall–Kier alpha value is -3.25. The summed E-state index contributed by atoms with van der Waals surface area (Å²) in [7, 11) is 1.60. The molecule has 0 saturated heterocycles. The van der Waals surface area contributed by atoms with Crippen LogP contribution in [0.1, 0.15) is 42.9 Å². The number of aliphatic hydroxyl groups is 1. The van der Waals surface area contributed by atoms with Crippen LogP contribution in [0.4, 0.5) is 0 Å². The molecule has 1 fully saturated rings. The largest absolute Gasteiger partial charge is 0.481 e. The number of hydrogen-bond donors (Lipinski definition) is 1. The van der Waals surface area contributed by atoms with Crippen molar-refractivity contribution < 1.29 is 9.84 Å². The maximum atomic E-state index is 13.5. The fourth-order valence-electron chi connectivity index (χ4n) is 4.70. The third kappa shape index (κ3) is 3.57. The summed E-state index contributed by atoms with van der Waals surface area (Å²) in [6.45, 7) is 0. The molecule has 158 valence electrons. The fraction of sp³-hybridized carbons (Fsp3) is 0.320. The van der Waals surface area contributed by atoms with Crippen molar-refractivity contribution in [2.75, 3.05) is 7.11 Å². The molecule has 0 radical (unpaired) electrons. The number of benzene rings is 2. The first-order valence-corrected chi connectivity index (χ1v) is 10.7. The summed E-state index contributed by atoms with van der Waals surface area (Å²) in [4.78, 5) is 17.8. The van der Waals surface area contributed by atoms with Gasteiger partial charge in [0.1, 0.15) is 0 Å². The summed E-state index contributed by atoms with van der Waals surface area (Å²) in [6.07, 6.45) is 7.19. The van der Waals surface area contributed by atoms with Gasteiger partial charge in [-0.3, -0.25) is 4.79 Å². The van der Waals surface area contributed by atoms with Gasteiger partial charge in [-0.1, -0.05) is 43.2 Å². The zero-order valence-electron chi connectivity index (χ0n) is 17.5. The van der Waals surface area contributed by atoms with Crippen LogP contribution in [-0.2, 0) is 6.42 Å². The highest BCUT2D eigenvalue weighted by atomic mass is 16.5. The molecule has 1 saturated carbocycles. The number of ether oxygens (including phenoxy) is 1. The van der Waals surface area contributed by atoms with E-state index in [1.807, 2.05) is 36.4 Å². The summed E-state index contributed by atoms with van der Waals surface area (Å²) in [6, 6.07) is 13.7. The van der Waals surface area contributed by atoms with Gasteiger partial charge in [0.2, 0.25) is 5.88 Å². The molecule has 0 aliphatic heterocycles. The standard InChI is InChI=1S/C25H25N3O3/c1-31-24-11-10-16(14-26-24)12-17-13-20-21(19-7-3-2-6-18(17)19)15-27-28(25(20)30)22-8-4-5-9-23(22)29/h2-3,6-7,10-11,13-15,22-23,29H,4-5,8-9,12H2,1H3/t22-,23-/m1/s1. The van der Waals surface area contributed by atoms with E-state index in [0.29, 0.717) is 24.1 Å². The summed E-state index contributed by atoms with van der Waals surface area (Å²) in [5, 5.41) is 18.5. The normalized spacial score (nSPS) is 19.0. The van der Waals surface area contributed by atoms with Crippen LogP contribution in [0.2, 0.25) is 0 Å². The minimum absolute atomic E-state index is 0.136. The molecule has 0 bridgehead atoms. The van der Waals surface area contributed by atoms with Crippen molar-refractivity contribution in [3.63, 3.8) is 0 Å². The molecule has 31 heavy (non-hydrogen) atoms. The highest BCUT2D eigenvalue weighted by Gasteiger charge is 2.27. The number of rotatable bonds is 4. The van der Waals surface area contributed by atoms with E-state index in [1.165, 1.54) is 4.68 Å². The lowest BCUT2D eigenvalue weighted by atomic mass is 9.92. The molecule has 0 spiro atoms. The first-order valence-electron chi connectivity index (χ1n) is 10.7. The smallest absolute Gasteiger partial charge is 0.275 e. The van der Waals surface area contributed by atoms with Crippen LogP contribution in [-0.4, -0.2) is 33.1 Å². The molecule has 6 heteroatoms. The van der Waals surface area contributed by atoms with Gasteiger partial charge in [0.15, 0.2) is 0 Å². The molecule has 0 unspecified atom stereocenters. The molecule has 6 nitrogen and oxygen atoms in total. The van der Waals surface area contributed by atoms with E-state index in [9.17, 15) is 9.90 Å². The first-order chi connectivity index (χ1) is 15.2. The number of methoxy groups -OCH3 is 1. The van der Waals surface area contributed by atoms with Crippen molar-refractivity contribution in [2.24, 2.45) is 0 Å². The van der Waals surface area contributed by atoms with Crippen molar-refractivity contribution in [2.45, 2.75) is 44.2 Å². The van der Waals surface area contributed by atoms with Crippen LogP contribution in [0.3, 0.4) is 0 Å². The van der Waals surface area contributed by atoms with E-state index in [4.69, 9.17) is 4.74 Å². The number of aliphatic hydroxyl groups excluding tert-OH is 1. The quantitative estimate of drug-likeness (QED) is 0.510. The van der Waals surface area contributed by atoms with Crippen molar-refractivity contribution in [3.05, 3.63) is 76.3 Å². The van der Waals surface area contributed by atoms with E-state index < -0.39 is 6.10 Å². The molecule has 4 aromatic rings. The topological polar surface area (TPSA) is 77.2 Å². The van der Waals surface area contributed by atoms with Gasteiger partial charge >= 0.3 is 0 Å². The van der Waals surface area contributed by atoms with Crippen LogP contribution in [0, 0.1) is 0 Å². The Morgan fingerprint density at radius 3 is 2.58 bits per heavy atom. The van der Waals surface area contributed by atoms with Crippen LogP contribution in [0.15, 0.2) is 59.7 Å². The highest BCUT2D eigenvalue weighted by Crippen LogP contribution is 2.31. The van der Waals surface area contributed by atoms with Gasteiger partial charge in [0, 0.05) is 17.6 Å². The SMILES string of the molecule is COc1ccc(Cc2cc3c(=O)n([C@@H]4CCCC[C@H]4O)ncc3c3ccccc23)cn1. The number of aromatic nitrogens is 3. The molecule has 1 N–H and O–H groups in total. The van der Waals surface area contributed by atoms with Crippen molar-refractivity contribution >= 4 is 21.5 Å². The minimum atomic E-state index is -0.526. The summed E-state index contributed by atoms with van der Waals surface area (Å²) < 4.78 is 6.66. The Morgan fingerprint density at radius 1 is 1.03 bits per heavy atom. The fourth-order valence-corrected chi connectivity index (χ4v) is 4.70. The summed E-state index contributed by atoms with van der Waals surface area (Å²) in [5.74, 6) is 0.576. The first kappa shape index (κ1) is 19.7. The number of nitrogens with zero attached hydrogens (tertiary/aromatic N) is 3. The second-order valence-corrected chi connectivity index (χ2v) is 8.24. The Balaban J connectivity index is 1.67. The lowest BCUT2D eigenvalue weighted by Gasteiger charge is -2.28. The van der Waals surface area contributed by atoms with E-state index in [0.717, 1.165) is 46.5 Å². The van der Waals surface area contributed by atoms with E-state index in [2.05, 4.69) is 16.1 Å². The molecule has 2 aromatic heterocycles. The van der Waals surface area contributed by atoms with Crippen LogP contribution >= 0.6 is 0 Å². The monoisotopic (exact) mass is 415 g/mol. The molecular weight excluding hydrogens is 390 g/mol. The van der Waals surface area contributed by atoms with Crippen molar-refractivity contribution in [3.8, 4) is 5.88 Å². The maximum absolute atomic E-state index is 13.5. The molecule has 1 aliphatic carbocycles. The Morgan fingerprint density at radius 2 is 1.84 bits per heavy atom. The van der Waals surface area contributed by atoms with Gasteiger partial charge in [-0.2, -0.15) is 5.10 Å². The maximum Gasteiger partial charge on any atom is 0.275 e. The van der Waals surface area contributed by atoms with E-state index >= 15 is 0 Å². The average Bonchev–Trinajstić information content (AvgIpc) is 2.81. The highest BCUT2D eigenvalue weighted by molar-refractivity contribution is 6.08. The number of hydrogen-bond acceptors (Lipinski definition) is 5. The van der Waals surface area contributed by atoms with Crippen molar-refractivity contribution in [1.82, 2.24) is 14.8 Å². The van der Waals surface area contributed by atoms with Gasteiger partial charge in [-0.05, 0) is 47.2 Å². The zero-order valence-corrected chi connectivity index (χ0v) is 17.5. The Kier molecular flexibility index (Phi) is 5.16. The Bertz CT molecular complexity index is 1300. The molecule has 5 rings (SSSR count). The molecule has 1 aliphatic rings. The molecule has 2 atom stereocenters. The molecular formula is C25H25N3O3. The van der Waals surface area contributed by atoms with E-state index in [-0.39, 0.29) is 11.6 Å². The predicted octanol–water partition coefficient (Wildman–Crippen LogP) is 4.02. The third-order valence-corrected chi connectivity index (χ3v) is 6.33. The molecule has 2 heterocycles. The molecule has 2 aromatic carbocycles. The lowest BCUT2D eigenvalue weighted by Crippen LogP contribution is -2.36. The second-order valence-electron chi connectivity index (χ2n) is 8.24. The van der Waals surface area contributed by atoms with Gasteiger partial charge in [-0.15, -0.1) is 0 Å². The van der Waals surface area contributed by atoms with Crippen LogP contribution < -0.4 is 10.3 Å². The molecule has 0 amide bonds. The van der Waals surface area contributed by atoms with Crippen LogP contribution in [0.5, 0.6) is 5.88 Å². The van der Waals surface area contributed by atoms with Gasteiger partial charge in [-0.25, -0.2) is 9.67 Å². The zero-order chi connectivity index (χ0) is 21.4. The number of fused-ring (bicyclic) bond motifs is 3. The van der Waals surface area contributed by atoms with Gasteiger partial charge in [0.05, 0.1) is 30.8 Å².